The Morgan fingerprint density at radius 2 is 0.846 bits per heavy atom. The molecule has 9 aromatic carbocycles. The summed E-state index contributed by atoms with van der Waals surface area (Å²) >= 11 is 1.89. The van der Waals surface area contributed by atoms with Crippen molar-refractivity contribution in [2.75, 3.05) is 0 Å². The van der Waals surface area contributed by atoms with E-state index in [1.807, 2.05) is 11.8 Å². The molecule has 0 radical (unpaired) electrons. The lowest BCUT2D eigenvalue weighted by atomic mass is 9.70. The van der Waals surface area contributed by atoms with Gasteiger partial charge in [-0.05, 0) is 106 Å². The van der Waals surface area contributed by atoms with Crippen LogP contribution in [0.1, 0.15) is 22.3 Å². The van der Waals surface area contributed by atoms with Gasteiger partial charge in [-0.2, -0.15) is 0 Å². The van der Waals surface area contributed by atoms with Gasteiger partial charge in [-0.25, -0.2) is 0 Å². The highest BCUT2D eigenvalue weighted by Crippen LogP contribution is 2.65. The first-order chi connectivity index (χ1) is 25.8. The molecule has 9 aromatic rings. The van der Waals surface area contributed by atoms with E-state index in [4.69, 9.17) is 0 Å². The lowest BCUT2D eigenvalue weighted by Gasteiger charge is -2.30. The van der Waals surface area contributed by atoms with Crippen LogP contribution in [0.15, 0.2) is 192 Å². The van der Waals surface area contributed by atoms with Crippen LogP contribution in [0.3, 0.4) is 0 Å². The van der Waals surface area contributed by atoms with E-state index in [9.17, 15) is 0 Å². The van der Waals surface area contributed by atoms with Crippen molar-refractivity contribution < 1.29 is 0 Å². The van der Waals surface area contributed by atoms with E-state index >= 15 is 0 Å². The SMILES string of the molecule is c1ccc2c(c1)Sc1ccc(-c3ccccc3-c3cccc4c3-c3ccccc3C43c4ccccc4-c4c3ccc3ccccc43)c3cccc-2c13. The van der Waals surface area contributed by atoms with Gasteiger partial charge in [0.2, 0.25) is 0 Å². The van der Waals surface area contributed by atoms with Crippen molar-refractivity contribution in [1.29, 1.82) is 0 Å². The summed E-state index contributed by atoms with van der Waals surface area (Å²) in [5.74, 6) is 0. The third-order valence-electron chi connectivity index (χ3n) is 11.9. The fraction of sp³-hybridized carbons (Fsp3) is 0.0196. The first kappa shape index (κ1) is 28.5. The lowest BCUT2D eigenvalue weighted by Crippen LogP contribution is -2.25. The van der Waals surface area contributed by atoms with Crippen LogP contribution in [0.2, 0.25) is 0 Å². The van der Waals surface area contributed by atoms with E-state index in [0.29, 0.717) is 0 Å². The van der Waals surface area contributed by atoms with Gasteiger partial charge in [0.05, 0.1) is 5.41 Å². The second-order valence-electron chi connectivity index (χ2n) is 14.3. The second kappa shape index (κ2) is 10.4. The Kier molecular flexibility index (Phi) is 5.73. The van der Waals surface area contributed by atoms with Crippen molar-refractivity contribution in [3.8, 4) is 55.6 Å². The summed E-state index contributed by atoms with van der Waals surface area (Å²) in [6.45, 7) is 0. The Morgan fingerprint density at radius 3 is 1.67 bits per heavy atom. The highest BCUT2D eigenvalue weighted by atomic mass is 32.2. The quantitative estimate of drug-likeness (QED) is 0.176. The van der Waals surface area contributed by atoms with Crippen molar-refractivity contribution in [3.63, 3.8) is 0 Å². The minimum atomic E-state index is -0.405. The predicted octanol–water partition coefficient (Wildman–Crippen LogP) is 13.8. The van der Waals surface area contributed by atoms with Gasteiger partial charge >= 0.3 is 0 Å². The zero-order valence-electron chi connectivity index (χ0n) is 28.2. The second-order valence-corrected chi connectivity index (χ2v) is 15.3. The first-order valence-corrected chi connectivity index (χ1v) is 18.9. The van der Waals surface area contributed by atoms with Crippen LogP contribution >= 0.6 is 11.8 Å². The van der Waals surface area contributed by atoms with Crippen LogP contribution in [0.5, 0.6) is 0 Å². The van der Waals surface area contributed by atoms with Gasteiger partial charge in [0.15, 0.2) is 0 Å². The molecular weight excluding hydrogens is 645 g/mol. The molecule has 1 aliphatic heterocycles. The molecule has 0 aromatic heterocycles. The van der Waals surface area contributed by atoms with Crippen molar-refractivity contribution >= 4 is 33.3 Å². The number of fused-ring (bicyclic) bond motifs is 14. The molecular formula is C51H30S. The predicted molar refractivity (Wildman–Crippen MR) is 218 cm³/mol. The van der Waals surface area contributed by atoms with Crippen molar-refractivity contribution in [1.82, 2.24) is 0 Å². The molecule has 3 aliphatic rings. The average molecular weight is 675 g/mol. The maximum absolute atomic E-state index is 2.41. The summed E-state index contributed by atoms with van der Waals surface area (Å²) in [7, 11) is 0. The highest BCUT2D eigenvalue weighted by molar-refractivity contribution is 7.99. The molecule has 240 valence electrons. The van der Waals surface area contributed by atoms with Gasteiger partial charge in [0.1, 0.15) is 0 Å². The third-order valence-corrected chi connectivity index (χ3v) is 13.0. The first-order valence-electron chi connectivity index (χ1n) is 18.1. The Labute approximate surface area is 307 Å². The average Bonchev–Trinajstić information content (AvgIpc) is 3.69. The molecule has 2 aliphatic carbocycles. The number of hydrogen-bond acceptors (Lipinski definition) is 1. The Balaban J connectivity index is 1.15. The van der Waals surface area contributed by atoms with Crippen LogP contribution in [0.4, 0.5) is 0 Å². The fourth-order valence-electron chi connectivity index (χ4n) is 9.95. The summed E-state index contributed by atoms with van der Waals surface area (Å²) in [6, 6.07) is 68.4. The van der Waals surface area contributed by atoms with Gasteiger partial charge in [-0.3, -0.25) is 0 Å². The van der Waals surface area contributed by atoms with Crippen LogP contribution in [-0.4, -0.2) is 0 Å². The molecule has 1 heteroatoms. The van der Waals surface area contributed by atoms with E-state index in [-0.39, 0.29) is 0 Å². The van der Waals surface area contributed by atoms with Crippen LogP contribution in [-0.2, 0) is 5.41 Å². The van der Waals surface area contributed by atoms with Crippen LogP contribution in [0, 0.1) is 0 Å². The lowest BCUT2D eigenvalue weighted by molar-refractivity contribution is 0.794. The Bertz CT molecular complexity index is 3000. The van der Waals surface area contributed by atoms with Gasteiger partial charge < -0.3 is 0 Å². The molecule has 0 N–H and O–H groups in total. The molecule has 0 nitrogen and oxygen atoms in total. The summed E-state index contributed by atoms with van der Waals surface area (Å²) in [6.07, 6.45) is 0. The summed E-state index contributed by atoms with van der Waals surface area (Å²) in [5, 5.41) is 5.26. The van der Waals surface area contributed by atoms with Crippen LogP contribution < -0.4 is 0 Å². The minimum absolute atomic E-state index is 0.405. The molecule has 1 unspecified atom stereocenters. The Hall–Kier alpha value is -6.15. The number of benzene rings is 9. The molecule has 0 fully saturated rings. The smallest absolute Gasteiger partial charge is 0.0725 e. The largest absolute Gasteiger partial charge is 0.0888 e. The zero-order chi connectivity index (χ0) is 34.0. The summed E-state index contributed by atoms with van der Waals surface area (Å²) in [4.78, 5) is 2.65. The number of rotatable bonds is 2. The standard InChI is InChI=1S/C51H30S/c1-2-14-32-31(13-1)27-29-45-48(32)40-18-5-8-23-42(40)51(45)43-24-9-6-19-41(43)49-37(22-12-25-44(49)51)34-16-4-3-15-33(34)35-28-30-47-50-38(35)20-11-21-39(50)36-17-7-10-26-46(36)52-47/h1-30H. The minimum Gasteiger partial charge on any atom is -0.0888 e. The Morgan fingerprint density at radius 1 is 0.288 bits per heavy atom. The molecule has 1 spiro atoms. The van der Waals surface area contributed by atoms with Crippen LogP contribution in [0.25, 0.3) is 77.2 Å². The zero-order valence-corrected chi connectivity index (χ0v) is 29.0. The van der Waals surface area contributed by atoms with E-state index in [1.165, 1.54) is 109 Å². The molecule has 1 heterocycles. The topological polar surface area (TPSA) is 0 Å². The van der Waals surface area contributed by atoms with E-state index in [2.05, 4.69) is 182 Å². The highest BCUT2D eigenvalue weighted by Gasteiger charge is 2.52. The fourth-order valence-corrected chi connectivity index (χ4v) is 11.1. The molecule has 0 saturated carbocycles. The normalized spacial score (nSPS) is 15.7. The van der Waals surface area contributed by atoms with E-state index in [0.717, 1.165) is 0 Å². The monoisotopic (exact) mass is 674 g/mol. The third kappa shape index (κ3) is 3.54. The van der Waals surface area contributed by atoms with E-state index < -0.39 is 5.41 Å². The number of hydrogen-bond donors (Lipinski definition) is 0. The van der Waals surface area contributed by atoms with Crippen molar-refractivity contribution in [2.24, 2.45) is 0 Å². The van der Waals surface area contributed by atoms with Gasteiger partial charge in [-0.1, -0.05) is 182 Å². The van der Waals surface area contributed by atoms with Gasteiger partial charge in [0, 0.05) is 15.2 Å². The molecule has 1 atom stereocenters. The maximum Gasteiger partial charge on any atom is 0.0725 e. The summed E-state index contributed by atoms with van der Waals surface area (Å²) < 4.78 is 0. The van der Waals surface area contributed by atoms with E-state index in [1.54, 1.807) is 0 Å². The molecule has 0 amide bonds. The van der Waals surface area contributed by atoms with Crippen molar-refractivity contribution in [3.05, 3.63) is 204 Å². The van der Waals surface area contributed by atoms with Gasteiger partial charge in [-0.15, -0.1) is 0 Å². The molecule has 0 saturated heterocycles. The maximum atomic E-state index is 2.41. The molecule has 12 rings (SSSR count). The van der Waals surface area contributed by atoms with Gasteiger partial charge in [0.25, 0.3) is 0 Å². The molecule has 52 heavy (non-hydrogen) atoms. The molecule has 0 bridgehead atoms. The van der Waals surface area contributed by atoms with Crippen molar-refractivity contribution in [2.45, 2.75) is 15.2 Å². The summed E-state index contributed by atoms with van der Waals surface area (Å²) in [5.41, 5.74) is 18.2.